The van der Waals surface area contributed by atoms with E-state index in [1.54, 1.807) is 0 Å². The molecule has 0 aliphatic rings. The molecule has 0 saturated heterocycles. The highest BCUT2D eigenvalue weighted by atomic mass is 19.2. The molecule has 0 radical (unpaired) electrons. The summed E-state index contributed by atoms with van der Waals surface area (Å²) in [5, 5.41) is 14.3. The summed E-state index contributed by atoms with van der Waals surface area (Å²) in [4.78, 5) is 0. The predicted octanol–water partition coefficient (Wildman–Crippen LogP) is 1.44. The molecule has 1 N–H and O–H groups in total. The molecule has 5 nitrogen and oxygen atoms in total. The van der Waals surface area contributed by atoms with E-state index in [1.165, 1.54) is 10.7 Å². The molecule has 0 aliphatic carbocycles. The van der Waals surface area contributed by atoms with Gasteiger partial charge in [-0.1, -0.05) is 6.92 Å². The smallest absolute Gasteiger partial charge is 0.170 e. The Balaban J connectivity index is 2.22. The van der Waals surface area contributed by atoms with Crippen molar-refractivity contribution in [3.05, 3.63) is 35.7 Å². The molecule has 0 atom stereocenters. The van der Waals surface area contributed by atoms with Crippen molar-refractivity contribution in [3.63, 3.8) is 0 Å². The maximum Gasteiger partial charge on any atom is 0.170 e. The minimum atomic E-state index is -0.921. The van der Waals surface area contributed by atoms with E-state index in [9.17, 15) is 8.78 Å². The van der Waals surface area contributed by atoms with E-state index in [1.807, 2.05) is 6.92 Å². The zero-order valence-corrected chi connectivity index (χ0v) is 9.90. The number of rotatable bonds is 5. The second-order valence-corrected chi connectivity index (χ2v) is 3.78. The van der Waals surface area contributed by atoms with Crippen molar-refractivity contribution >= 4 is 0 Å². The maximum atomic E-state index is 13.1. The van der Waals surface area contributed by atoms with E-state index in [0.29, 0.717) is 18.1 Å². The molecule has 0 unspecified atom stereocenters. The zero-order valence-electron chi connectivity index (χ0n) is 9.90. The van der Waals surface area contributed by atoms with Crippen LogP contribution in [0.5, 0.6) is 0 Å². The number of hydrogen-bond acceptors (Lipinski definition) is 4. The second-order valence-electron chi connectivity index (χ2n) is 3.78. The van der Waals surface area contributed by atoms with Gasteiger partial charge in [-0.15, -0.1) is 5.10 Å². The molecule has 2 aromatic rings. The topological polar surface area (TPSA) is 55.6 Å². The Hall–Kier alpha value is -1.89. The lowest BCUT2D eigenvalue weighted by Gasteiger charge is -2.05. The van der Waals surface area contributed by atoms with Crippen LogP contribution in [-0.4, -0.2) is 26.8 Å². The van der Waals surface area contributed by atoms with Crippen LogP contribution in [0.1, 0.15) is 19.2 Å². The van der Waals surface area contributed by atoms with Gasteiger partial charge in [0.2, 0.25) is 0 Å². The van der Waals surface area contributed by atoms with Crippen LogP contribution in [0.25, 0.3) is 5.69 Å². The van der Waals surface area contributed by atoms with E-state index in [-0.39, 0.29) is 0 Å². The van der Waals surface area contributed by atoms with E-state index in [4.69, 9.17) is 0 Å². The first-order valence-electron chi connectivity index (χ1n) is 5.65. The highest BCUT2D eigenvalue weighted by Gasteiger charge is 2.10. The Morgan fingerprint density at radius 2 is 2.11 bits per heavy atom. The first-order chi connectivity index (χ1) is 8.72. The van der Waals surface area contributed by atoms with Gasteiger partial charge in [-0.2, -0.15) is 4.68 Å². The van der Waals surface area contributed by atoms with Gasteiger partial charge in [0.05, 0.1) is 12.2 Å². The van der Waals surface area contributed by atoms with Crippen LogP contribution in [0, 0.1) is 11.6 Å². The molecule has 2 rings (SSSR count). The van der Waals surface area contributed by atoms with Crippen LogP contribution in [-0.2, 0) is 6.54 Å². The van der Waals surface area contributed by atoms with Gasteiger partial charge in [0.25, 0.3) is 0 Å². The molecule has 1 heterocycles. The third-order valence-corrected chi connectivity index (χ3v) is 2.39. The minimum Gasteiger partial charge on any atom is -0.310 e. The van der Waals surface area contributed by atoms with Gasteiger partial charge < -0.3 is 5.32 Å². The number of aromatic nitrogens is 4. The Morgan fingerprint density at radius 1 is 1.28 bits per heavy atom. The van der Waals surface area contributed by atoms with Gasteiger partial charge in [-0.3, -0.25) is 0 Å². The van der Waals surface area contributed by atoms with E-state index >= 15 is 0 Å². The van der Waals surface area contributed by atoms with Crippen molar-refractivity contribution in [2.75, 3.05) is 6.54 Å². The SMILES string of the molecule is CCCNCc1nnnn1-c1ccc(F)c(F)c1. The molecule has 0 fully saturated rings. The number of hydrogen-bond donors (Lipinski definition) is 1. The highest BCUT2D eigenvalue weighted by Crippen LogP contribution is 2.12. The summed E-state index contributed by atoms with van der Waals surface area (Å²) in [6, 6.07) is 3.54. The summed E-state index contributed by atoms with van der Waals surface area (Å²) in [6.45, 7) is 3.36. The molecule has 18 heavy (non-hydrogen) atoms. The van der Waals surface area contributed by atoms with Gasteiger partial charge >= 0.3 is 0 Å². The van der Waals surface area contributed by atoms with Crippen LogP contribution in [0.3, 0.4) is 0 Å². The number of nitrogens with zero attached hydrogens (tertiary/aromatic N) is 4. The minimum absolute atomic E-state index is 0.396. The summed E-state index contributed by atoms with van der Waals surface area (Å²) in [5.41, 5.74) is 0.396. The molecule has 0 bridgehead atoms. The van der Waals surface area contributed by atoms with Gasteiger partial charge in [-0.25, -0.2) is 8.78 Å². The van der Waals surface area contributed by atoms with Gasteiger partial charge in [-0.05, 0) is 35.5 Å². The molecule has 96 valence electrons. The van der Waals surface area contributed by atoms with Crippen molar-refractivity contribution in [1.82, 2.24) is 25.5 Å². The molecule has 1 aromatic heterocycles. The molecule has 0 saturated carbocycles. The van der Waals surface area contributed by atoms with E-state index in [0.717, 1.165) is 25.1 Å². The molecule has 1 aromatic carbocycles. The summed E-state index contributed by atoms with van der Waals surface area (Å²) in [6.07, 6.45) is 0.993. The fraction of sp³-hybridized carbons (Fsp3) is 0.364. The number of benzene rings is 1. The summed E-state index contributed by atoms with van der Waals surface area (Å²) >= 11 is 0. The zero-order chi connectivity index (χ0) is 13.0. The van der Waals surface area contributed by atoms with Gasteiger partial charge in [0.15, 0.2) is 17.5 Å². The average Bonchev–Trinajstić information content (AvgIpc) is 2.81. The Labute approximate surface area is 103 Å². The number of nitrogens with one attached hydrogen (secondary N) is 1. The Morgan fingerprint density at radius 3 is 2.83 bits per heavy atom. The van der Waals surface area contributed by atoms with Gasteiger partial charge in [0, 0.05) is 6.07 Å². The monoisotopic (exact) mass is 253 g/mol. The van der Waals surface area contributed by atoms with Crippen molar-refractivity contribution in [1.29, 1.82) is 0 Å². The van der Waals surface area contributed by atoms with Crippen molar-refractivity contribution in [3.8, 4) is 5.69 Å². The summed E-state index contributed by atoms with van der Waals surface area (Å²) in [7, 11) is 0. The first kappa shape index (κ1) is 12.6. The Kier molecular flexibility index (Phi) is 3.93. The lowest BCUT2D eigenvalue weighted by Crippen LogP contribution is -2.17. The molecular weight excluding hydrogens is 240 g/mol. The van der Waals surface area contributed by atoms with Crippen LogP contribution < -0.4 is 5.32 Å². The lowest BCUT2D eigenvalue weighted by atomic mass is 10.3. The van der Waals surface area contributed by atoms with Crippen molar-refractivity contribution in [2.45, 2.75) is 19.9 Å². The van der Waals surface area contributed by atoms with Crippen LogP contribution >= 0.6 is 0 Å². The highest BCUT2D eigenvalue weighted by molar-refractivity contribution is 5.32. The molecule has 0 spiro atoms. The standard InChI is InChI=1S/C11H13F2N5/c1-2-5-14-7-11-15-16-17-18(11)8-3-4-9(12)10(13)6-8/h3-4,6,14H,2,5,7H2,1H3. The second kappa shape index (κ2) is 5.63. The molecule has 7 heteroatoms. The lowest BCUT2D eigenvalue weighted by molar-refractivity contribution is 0.507. The Bertz CT molecular complexity index is 526. The predicted molar refractivity (Wildman–Crippen MR) is 61.1 cm³/mol. The molecule has 0 aliphatic heterocycles. The van der Waals surface area contributed by atoms with E-state index < -0.39 is 11.6 Å². The average molecular weight is 253 g/mol. The van der Waals surface area contributed by atoms with E-state index in [2.05, 4.69) is 20.8 Å². The van der Waals surface area contributed by atoms with Gasteiger partial charge in [0.1, 0.15) is 0 Å². The summed E-state index contributed by atoms with van der Waals surface area (Å²) in [5.74, 6) is -1.26. The maximum absolute atomic E-state index is 13.1. The number of tetrazole rings is 1. The quantitative estimate of drug-likeness (QED) is 0.819. The van der Waals surface area contributed by atoms with Crippen molar-refractivity contribution in [2.24, 2.45) is 0 Å². The number of halogens is 2. The van der Waals surface area contributed by atoms with Crippen LogP contribution in [0.15, 0.2) is 18.2 Å². The largest absolute Gasteiger partial charge is 0.310 e. The molecular formula is C11H13F2N5. The van der Waals surface area contributed by atoms with Crippen LogP contribution in [0.2, 0.25) is 0 Å². The molecule has 0 amide bonds. The van der Waals surface area contributed by atoms with Crippen molar-refractivity contribution < 1.29 is 8.78 Å². The van der Waals surface area contributed by atoms with Crippen LogP contribution in [0.4, 0.5) is 8.78 Å². The first-order valence-corrected chi connectivity index (χ1v) is 5.65. The summed E-state index contributed by atoms with van der Waals surface area (Å²) < 4.78 is 27.4. The fourth-order valence-corrected chi connectivity index (χ4v) is 1.51. The normalized spacial score (nSPS) is 10.8. The third-order valence-electron chi connectivity index (χ3n) is 2.39. The third kappa shape index (κ3) is 2.67. The fourth-order valence-electron chi connectivity index (χ4n) is 1.51.